The van der Waals surface area contributed by atoms with Crippen molar-refractivity contribution < 1.29 is 14.6 Å². The van der Waals surface area contributed by atoms with Gasteiger partial charge in [0.25, 0.3) is 0 Å². The average Bonchev–Trinajstić information content (AvgIpc) is 2.04. The SMILES string of the molecule is CCOc1nccc(I)c1C(=O)O. The minimum atomic E-state index is -1.01. The molecule has 0 aliphatic carbocycles. The molecule has 1 N–H and O–H groups in total. The van der Waals surface area contributed by atoms with Crippen LogP contribution in [0, 0.1) is 3.57 Å². The van der Waals surface area contributed by atoms with E-state index in [1.165, 1.54) is 6.20 Å². The summed E-state index contributed by atoms with van der Waals surface area (Å²) >= 11 is 1.94. The van der Waals surface area contributed by atoms with E-state index in [1.807, 2.05) is 22.6 Å². The van der Waals surface area contributed by atoms with E-state index in [2.05, 4.69) is 4.98 Å². The molecular weight excluding hydrogens is 285 g/mol. The fourth-order valence-electron chi connectivity index (χ4n) is 0.860. The van der Waals surface area contributed by atoms with E-state index in [0.29, 0.717) is 10.2 Å². The molecule has 0 saturated carbocycles. The topological polar surface area (TPSA) is 59.4 Å². The Kier molecular flexibility index (Phi) is 3.47. The van der Waals surface area contributed by atoms with Crippen molar-refractivity contribution in [3.8, 4) is 5.88 Å². The van der Waals surface area contributed by atoms with Crippen molar-refractivity contribution in [2.75, 3.05) is 6.61 Å². The summed E-state index contributed by atoms with van der Waals surface area (Å²) in [5.74, 6) is -0.831. The number of aromatic carboxylic acids is 1. The molecule has 1 aromatic heterocycles. The highest BCUT2D eigenvalue weighted by atomic mass is 127. The van der Waals surface area contributed by atoms with Crippen LogP contribution in [-0.2, 0) is 0 Å². The largest absolute Gasteiger partial charge is 0.477 e. The Balaban J connectivity index is 3.17. The summed E-state index contributed by atoms with van der Waals surface area (Å²) in [5, 5.41) is 8.85. The lowest BCUT2D eigenvalue weighted by molar-refractivity contribution is 0.0690. The van der Waals surface area contributed by atoms with Crippen LogP contribution in [0.25, 0.3) is 0 Å². The normalized spacial score (nSPS) is 9.69. The van der Waals surface area contributed by atoms with Gasteiger partial charge in [-0.2, -0.15) is 0 Å². The molecule has 70 valence electrons. The molecule has 4 nitrogen and oxygen atoms in total. The van der Waals surface area contributed by atoms with Crippen molar-refractivity contribution in [3.05, 3.63) is 21.4 Å². The number of hydrogen-bond acceptors (Lipinski definition) is 3. The Morgan fingerprint density at radius 2 is 2.46 bits per heavy atom. The van der Waals surface area contributed by atoms with Crippen molar-refractivity contribution in [2.45, 2.75) is 6.92 Å². The minimum Gasteiger partial charge on any atom is -0.477 e. The molecule has 5 heteroatoms. The molecule has 0 bridgehead atoms. The van der Waals surface area contributed by atoms with E-state index in [-0.39, 0.29) is 11.4 Å². The molecule has 13 heavy (non-hydrogen) atoms. The van der Waals surface area contributed by atoms with Gasteiger partial charge in [-0.05, 0) is 35.6 Å². The molecule has 0 spiro atoms. The average molecular weight is 293 g/mol. The molecule has 0 aliphatic heterocycles. The summed E-state index contributed by atoms with van der Waals surface area (Å²) in [6.07, 6.45) is 1.53. The molecule has 0 saturated heterocycles. The molecule has 1 heterocycles. The molecule has 0 amide bonds. The summed E-state index contributed by atoms with van der Waals surface area (Å²) in [6.45, 7) is 2.19. The van der Waals surface area contributed by atoms with E-state index in [4.69, 9.17) is 9.84 Å². The predicted molar refractivity (Wildman–Crippen MR) is 55.1 cm³/mol. The first-order chi connectivity index (χ1) is 6.16. The number of ether oxygens (including phenoxy) is 1. The maximum Gasteiger partial charge on any atom is 0.342 e. The summed E-state index contributed by atoms with van der Waals surface area (Å²) in [4.78, 5) is 14.6. The van der Waals surface area contributed by atoms with Crippen molar-refractivity contribution in [3.63, 3.8) is 0 Å². The number of halogens is 1. The van der Waals surface area contributed by atoms with Gasteiger partial charge in [-0.25, -0.2) is 9.78 Å². The van der Waals surface area contributed by atoms with Crippen LogP contribution in [-0.4, -0.2) is 22.7 Å². The summed E-state index contributed by atoms with van der Waals surface area (Å²) < 4.78 is 5.71. The van der Waals surface area contributed by atoms with Gasteiger partial charge in [0.05, 0.1) is 6.61 Å². The van der Waals surface area contributed by atoms with Gasteiger partial charge in [0.1, 0.15) is 5.56 Å². The number of pyridine rings is 1. The Hall–Kier alpha value is -0.850. The van der Waals surface area contributed by atoms with Crippen LogP contribution < -0.4 is 4.74 Å². The lowest BCUT2D eigenvalue weighted by atomic mass is 10.3. The molecule has 1 rings (SSSR count). The van der Waals surface area contributed by atoms with Gasteiger partial charge in [-0.3, -0.25) is 0 Å². The number of rotatable bonds is 3. The number of carboxylic acids is 1. The molecule has 0 radical (unpaired) electrons. The standard InChI is InChI=1S/C8H8INO3/c1-2-13-7-6(8(11)12)5(9)3-4-10-7/h3-4H,2H2,1H3,(H,11,12). The van der Waals surface area contributed by atoms with Gasteiger partial charge in [-0.1, -0.05) is 0 Å². The quantitative estimate of drug-likeness (QED) is 0.863. The highest BCUT2D eigenvalue weighted by Gasteiger charge is 2.15. The predicted octanol–water partition coefficient (Wildman–Crippen LogP) is 1.78. The Morgan fingerprint density at radius 1 is 1.77 bits per heavy atom. The first kappa shape index (κ1) is 10.2. The van der Waals surface area contributed by atoms with Gasteiger partial charge in [0.15, 0.2) is 0 Å². The van der Waals surface area contributed by atoms with Gasteiger partial charge in [0.2, 0.25) is 5.88 Å². The highest BCUT2D eigenvalue weighted by Crippen LogP contribution is 2.20. The minimum absolute atomic E-state index is 0.130. The highest BCUT2D eigenvalue weighted by molar-refractivity contribution is 14.1. The third-order valence-electron chi connectivity index (χ3n) is 1.36. The van der Waals surface area contributed by atoms with E-state index < -0.39 is 5.97 Å². The first-order valence-electron chi connectivity index (χ1n) is 3.67. The third-order valence-corrected chi connectivity index (χ3v) is 2.26. The Bertz CT molecular complexity index is 327. The zero-order chi connectivity index (χ0) is 9.84. The molecule has 0 fully saturated rings. The Morgan fingerprint density at radius 3 is 3.00 bits per heavy atom. The monoisotopic (exact) mass is 293 g/mol. The maximum absolute atomic E-state index is 10.8. The lowest BCUT2D eigenvalue weighted by Gasteiger charge is -2.06. The third kappa shape index (κ3) is 2.30. The number of carbonyl (C=O) groups is 1. The second kappa shape index (κ2) is 4.40. The van der Waals surface area contributed by atoms with Crippen LogP contribution in [0.4, 0.5) is 0 Å². The number of hydrogen-bond donors (Lipinski definition) is 1. The van der Waals surface area contributed by atoms with E-state index in [0.717, 1.165) is 0 Å². The molecular formula is C8H8INO3. The van der Waals surface area contributed by atoms with Crippen LogP contribution >= 0.6 is 22.6 Å². The van der Waals surface area contributed by atoms with Crippen LogP contribution in [0.15, 0.2) is 12.3 Å². The first-order valence-corrected chi connectivity index (χ1v) is 4.75. The molecule has 0 aliphatic rings. The second-order valence-electron chi connectivity index (χ2n) is 2.21. The number of carboxylic acid groups (broad SMARTS) is 1. The summed E-state index contributed by atoms with van der Waals surface area (Å²) in [5.41, 5.74) is 0.130. The zero-order valence-electron chi connectivity index (χ0n) is 6.95. The van der Waals surface area contributed by atoms with Gasteiger partial charge in [-0.15, -0.1) is 0 Å². The van der Waals surface area contributed by atoms with Crippen LogP contribution in [0.5, 0.6) is 5.88 Å². The molecule has 0 unspecified atom stereocenters. The van der Waals surface area contributed by atoms with Gasteiger partial charge >= 0.3 is 5.97 Å². The second-order valence-corrected chi connectivity index (χ2v) is 3.37. The smallest absolute Gasteiger partial charge is 0.342 e. The van der Waals surface area contributed by atoms with E-state index in [1.54, 1.807) is 13.0 Å². The summed E-state index contributed by atoms with van der Waals surface area (Å²) in [6, 6.07) is 1.63. The van der Waals surface area contributed by atoms with Crippen molar-refractivity contribution >= 4 is 28.6 Å². The number of nitrogens with zero attached hydrogens (tertiary/aromatic N) is 1. The van der Waals surface area contributed by atoms with E-state index >= 15 is 0 Å². The van der Waals surface area contributed by atoms with Crippen molar-refractivity contribution in [1.82, 2.24) is 4.98 Å². The molecule has 0 atom stereocenters. The van der Waals surface area contributed by atoms with Crippen LogP contribution in [0.2, 0.25) is 0 Å². The molecule has 0 aromatic carbocycles. The van der Waals surface area contributed by atoms with Crippen molar-refractivity contribution in [2.24, 2.45) is 0 Å². The maximum atomic E-state index is 10.8. The summed E-state index contributed by atoms with van der Waals surface area (Å²) in [7, 11) is 0. The number of aromatic nitrogens is 1. The van der Waals surface area contributed by atoms with Crippen LogP contribution in [0.3, 0.4) is 0 Å². The fraction of sp³-hybridized carbons (Fsp3) is 0.250. The zero-order valence-corrected chi connectivity index (χ0v) is 9.11. The fourth-order valence-corrected chi connectivity index (χ4v) is 1.48. The van der Waals surface area contributed by atoms with Crippen molar-refractivity contribution in [1.29, 1.82) is 0 Å². The van der Waals surface area contributed by atoms with Gasteiger partial charge in [0, 0.05) is 9.77 Å². The Labute approximate surface area is 89.1 Å². The molecule has 1 aromatic rings. The van der Waals surface area contributed by atoms with E-state index in [9.17, 15) is 4.79 Å². The van der Waals surface area contributed by atoms with Gasteiger partial charge < -0.3 is 9.84 Å². The lowest BCUT2D eigenvalue weighted by Crippen LogP contribution is -2.06. The van der Waals surface area contributed by atoms with Crippen LogP contribution in [0.1, 0.15) is 17.3 Å².